The molecule has 1 aromatic heterocycles. The number of hydrogen-bond acceptors (Lipinski definition) is 1. The van der Waals surface area contributed by atoms with Crippen LogP contribution >= 0.6 is 0 Å². The quantitative estimate of drug-likeness (QED) is 0.867. The second kappa shape index (κ2) is 5.41. The van der Waals surface area contributed by atoms with Crippen molar-refractivity contribution in [2.45, 2.75) is 19.8 Å². The highest BCUT2D eigenvalue weighted by Crippen LogP contribution is 2.20. The molecule has 0 atom stereocenters. The predicted molar refractivity (Wildman–Crippen MR) is 85.4 cm³/mol. The Bertz CT molecular complexity index is 688. The first-order chi connectivity index (χ1) is 9.74. The number of aromatic amines is 1. The maximum absolute atomic E-state index is 4.00. The van der Waals surface area contributed by atoms with Crippen molar-refractivity contribution in [3.8, 4) is 0 Å². The zero-order chi connectivity index (χ0) is 13.9. The first-order valence-electron chi connectivity index (χ1n) is 7.11. The van der Waals surface area contributed by atoms with Crippen LogP contribution in [0.1, 0.15) is 18.9 Å². The Hall–Kier alpha value is -2.22. The van der Waals surface area contributed by atoms with Crippen LogP contribution in [0.15, 0.2) is 66.7 Å². The molecule has 20 heavy (non-hydrogen) atoms. The van der Waals surface area contributed by atoms with Gasteiger partial charge in [-0.2, -0.15) is 0 Å². The molecular weight excluding hydrogens is 244 g/mol. The highest BCUT2D eigenvalue weighted by molar-refractivity contribution is 5.82. The molecule has 1 aliphatic heterocycles. The maximum atomic E-state index is 4.00. The van der Waals surface area contributed by atoms with Crippen molar-refractivity contribution in [3.05, 3.63) is 72.2 Å². The van der Waals surface area contributed by atoms with E-state index in [9.17, 15) is 0 Å². The Morgan fingerprint density at radius 1 is 1.25 bits per heavy atom. The summed E-state index contributed by atoms with van der Waals surface area (Å²) in [6.07, 6.45) is 10.8. The number of aryl methyl sites for hydroxylation is 1. The number of benzene rings is 1. The van der Waals surface area contributed by atoms with E-state index in [4.69, 9.17) is 0 Å². The number of aromatic nitrogens is 1. The lowest BCUT2D eigenvalue weighted by Crippen LogP contribution is -2.15. The van der Waals surface area contributed by atoms with Crippen LogP contribution in [0.3, 0.4) is 0 Å². The average molecular weight is 264 g/mol. The van der Waals surface area contributed by atoms with Gasteiger partial charge < -0.3 is 9.88 Å². The summed E-state index contributed by atoms with van der Waals surface area (Å²) in [7, 11) is 0. The van der Waals surface area contributed by atoms with E-state index in [0.717, 1.165) is 25.0 Å². The Labute approximate surface area is 120 Å². The second-order valence-corrected chi connectivity index (χ2v) is 5.35. The number of para-hydroxylation sites is 1. The summed E-state index contributed by atoms with van der Waals surface area (Å²) in [5.41, 5.74) is 5.00. The van der Waals surface area contributed by atoms with Gasteiger partial charge in [-0.1, -0.05) is 24.8 Å². The molecule has 0 fully saturated rings. The van der Waals surface area contributed by atoms with Gasteiger partial charge >= 0.3 is 0 Å². The van der Waals surface area contributed by atoms with Gasteiger partial charge in [-0.25, -0.2) is 0 Å². The van der Waals surface area contributed by atoms with Crippen LogP contribution in [0.4, 0.5) is 0 Å². The fraction of sp³-hybridized carbons (Fsp3) is 0.222. The van der Waals surface area contributed by atoms with Crippen LogP contribution in [-0.4, -0.2) is 16.4 Å². The molecule has 1 aromatic carbocycles. The predicted octanol–water partition coefficient (Wildman–Crippen LogP) is 4.39. The van der Waals surface area contributed by atoms with E-state index in [1.54, 1.807) is 0 Å². The Kier molecular flexibility index (Phi) is 3.46. The van der Waals surface area contributed by atoms with Gasteiger partial charge in [0.1, 0.15) is 0 Å². The summed E-state index contributed by atoms with van der Waals surface area (Å²) in [6, 6.07) is 8.49. The summed E-state index contributed by atoms with van der Waals surface area (Å²) in [6.45, 7) is 7.15. The first-order valence-corrected chi connectivity index (χ1v) is 7.11. The minimum Gasteiger partial charge on any atom is -0.361 e. The summed E-state index contributed by atoms with van der Waals surface area (Å²) < 4.78 is 0. The summed E-state index contributed by atoms with van der Waals surface area (Å²) >= 11 is 0. The molecule has 2 aromatic rings. The lowest BCUT2D eigenvalue weighted by molar-refractivity contribution is 0.482. The maximum Gasteiger partial charge on any atom is 0.0456 e. The third-order valence-electron chi connectivity index (χ3n) is 3.87. The van der Waals surface area contributed by atoms with Crippen molar-refractivity contribution in [3.63, 3.8) is 0 Å². The van der Waals surface area contributed by atoms with Gasteiger partial charge in [0.25, 0.3) is 0 Å². The molecule has 0 saturated heterocycles. The van der Waals surface area contributed by atoms with Gasteiger partial charge in [-0.05, 0) is 48.6 Å². The van der Waals surface area contributed by atoms with Crippen molar-refractivity contribution in [1.29, 1.82) is 0 Å². The molecule has 0 bridgehead atoms. The van der Waals surface area contributed by atoms with Crippen LogP contribution in [0.2, 0.25) is 0 Å². The molecule has 2 nitrogen and oxygen atoms in total. The topological polar surface area (TPSA) is 19.0 Å². The molecule has 0 amide bonds. The summed E-state index contributed by atoms with van der Waals surface area (Å²) in [5.74, 6) is 0. The van der Waals surface area contributed by atoms with Gasteiger partial charge in [0.2, 0.25) is 0 Å². The van der Waals surface area contributed by atoms with Crippen LogP contribution in [-0.2, 0) is 6.42 Å². The van der Waals surface area contributed by atoms with E-state index in [-0.39, 0.29) is 0 Å². The Morgan fingerprint density at radius 2 is 2.10 bits per heavy atom. The number of nitrogens with zero attached hydrogens (tertiary/aromatic N) is 1. The van der Waals surface area contributed by atoms with Crippen molar-refractivity contribution in [2.24, 2.45) is 0 Å². The summed E-state index contributed by atoms with van der Waals surface area (Å²) in [4.78, 5) is 5.59. The number of nitrogens with one attached hydrogen (secondary N) is 1. The number of hydrogen-bond donors (Lipinski definition) is 1. The fourth-order valence-electron chi connectivity index (χ4n) is 2.62. The van der Waals surface area contributed by atoms with Crippen LogP contribution in [0.5, 0.6) is 0 Å². The van der Waals surface area contributed by atoms with Crippen molar-refractivity contribution in [1.82, 2.24) is 9.88 Å². The molecule has 0 spiro atoms. The number of H-pyrrole nitrogens is 1. The molecule has 0 saturated carbocycles. The highest BCUT2D eigenvalue weighted by Gasteiger charge is 2.06. The first kappa shape index (κ1) is 12.8. The van der Waals surface area contributed by atoms with Gasteiger partial charge in [0, 0.05) is 36.0 Å². The number of fused-ring (bicyclic) bond motifs is 1. The molecule has 1 N–H and O–H groups in total. The van der Waals surface area contributed by atoms with Crippen molar-refractivity contribution in [2.75, 3.05) is 6.54 Å². The summed E-state index contributed by atoms with van der Waals surface area (Å²) in [5, 5.41) is 1.35. The van der Waals surface area contributed by atoms with Crippen molar-refractivity contribution < 1.29 is 0 Å². The molecule has 2 heterocycles. The van der Waals surface area contributed by atoms with E-state index in [1.165, 1.54) is 22.0 Å². The zero-order valence-corrected chi connectivity index (χ0v) is 11.9. The third kappa shape index (κ3) is 2.55. The van der Waals surface area contributed by atoms with Gasteiger partial charge in [-0.15, -0.1) is 0 Å². The highest BCUT2D eigenvalue weighted by atomic mass is 15.1. The number of rotatable bonds is 4. The molecule has 0 aliphatic carbocycles. The van der Waals surface area contributed by atoms with E-state index < -0.39 is 0 Å². The SMILES string of the molecule is C=C1C=CN(CCCc2c[nH]c3ccccc23)C=C1C. The standard InChI is InChI=1S/C18H20N2/c1-14-9-11-20(13-15(14)2)10-5-6-16-12-19-18-8-4-3-7-17(16)18/h3-4,7-9,11-13,19H,1,5-6,10H2,2H3. The van der Waals surface area contributed by atoms with Crippen molar-refractivity contribution >= 4 is 10.9 Å². The van der Waals surface area contributed by atoms with Gasteiger partial charge in [0.05, 0.1) is 0 Å². The lowest BCUT2D eigenvalue weighted by Gasteiger charge is -2.21. The van der Waals surface area contributed by atoms with Gasteiger partial charge in [-0.3, -0.25) is 0 Å². The van der Waals surface area contributed by atoms with Crippen LogP contribution in [0.25, 0.3) is 10.9 Å². The minimum atomic E-state index is 1.04. The van der Waals surface area contributed by atoms with E-state index in [1.807, 2.05) is 0 Å². The molecule has 0 unspecified atom stereocenters. The smallest absolute Gasteiger partial charge is 0.0456 e. The molecule has 3 rings (SSSR count). The third-order valence-corrected chi connectivity index (χ3v) is 3.87. The van der Waals surface area contributed by atoms with Crippen LogP contribution < -0.4 is 0 Å². The molecule has 102 valence electrons. The van der Waals surface area contributed by atoms with E-state index in [0.29, 0.717) is 0 Å². The second-order valence-electron chi connectivity index (χ2n) is 5.35. The minimum absolute atomic E-state index is 1.04. The largest absolute Gasteiger partial charge is 0.361 e. The fourth-order valence-corrected chi connectivity index (χ4v) is 2.62. The average Bonchev–Trinajstić information content (AvgIpc) is 2.86. The number of allylic oxidation sites excluding steroid dienone is 3. The Balaban J connectivity index is 1.61. The molecule has 0 radical (unpaired) electrons. The van der Waals surface area contributed by atoms with Crippen LogP contribution in [0, 0.1) is 0 Å². The van der Waals surface area contributed by atoms with E-state index in [2.05, 4.69) is 72.3 Å². The lowest BCUT2D eigenvalue weighted by atomic mass is 10.1. The van der Waals surface area contributed by atoms with E-state index >= 15 is 0 Å². The Morgan fingerprint density at radius 3 is 2.95 bits per heavy atom. The monoisotopic (exact) mass is 264 g/mol. The van der Waals surface area contributed by atoms with Gasteiger partial charge in [0.15, 0.2) is 0 Å². The molecular formula is C18H20N2. The molecule has 1 aliphatic rings. The molecule has 2 heteroatoms. The normalized spacial score (nSPS) is 14.9. The zero-order valence-electron chi connectivity index (χ0n) is 11.9.